The number of nitrogens with zero attached hydrogens (tertiary/aromatic N) is 2. The van der Waals surface area contributed by atoms with Crippen LogP contribution in [0.5, 0.6) is 0 Å². The highest BCUT2D eigenvalue weighted by Crippen LogP contribution is 2.26. The van der Waals surface area contributed by atoms with Crippen LogP contribution < -0.4 is 5.32 Å². The average Bonchev–Trinajstić information content (AvgIpc) is 2.93. The Morgan fingerprint density at radius 1 is 1.05 bits per heavy atom. The van der Waals surface area contributed by atoms with E-state index >= 15 is 0 Å². The number of rotatable bonds is 4. The Kier molecular flexibility index (Phi) is 4.11. The van der Waals surface area contributed by atoms with Crippen LogP contribution in [-0.4, -0.2) is 10.2 Å². The van der Waals surface area contributed by atoms with Gasteiger partial charge in [0.1, 0.15) is 0 Å². The molecule has 0 fully saturated rings. The summed E-state index contributed by atoms with van der Waals surface area (Å²) in [5.74, 6) is 0.955. The van der Waals surface area contributed by atoms with E-state index < -0.39 is 0 Å². The third-order valence-electron chi connectivity index (χ3n) is 3.24. The molecular formula is C17H16ClN3O. The van der Waals surface area contributed by atoms with E-state index in [0.717, 1.165) is 11.3 Å². The number of halogens is 1. The molecule has 1 N–H and O–H groups in total. The Hall–Kier alpha value is -2.33. The van der Waals surface area contributed by atoms with Gasteiger partial charge in [-0.05, 0) is 49.2 Å². The highest BCUT2D eigenvalue weighted by Gasteiger charge is 2.11. The van der Waals surface area contributed by atoms with Crippen LogP contribution in [0.1, 0.15) is 17.0 Å². The van der Waals surface area contributed by atoms with Crippen LogP contribution >= 0.6 is 11.6 Å². The van der Waals surface area contributed by atoms with Gasteiger partial charge in [-0.1, -0.05) is 29.8 Å². The van der Waals surface area contributed by atoms with Crippen molar-refractivity contribution >= 4 is 17.3 Å². The van der Waals surface area contributed by atoms with E-state index in [1.165, 1.54) is 11.1 Å². The minimum Gasteiger partial charge on any atom is -0.419 e. The minimum absolute atomic E-state index is 0.433. The van der Waals surface area contributed by atoms with E-state index in [2.05, 4.69) is 47.6 Å². The van der Waals surface area contributed by atoms with Crippen LogP contribution in [0.3, 0.4) is 0 Å². The van der Waals surface area contributed by atoms with E-state index in [-0.39, 0.29) is 0 Å². The lowest BCUT2D eigenvalue weighted by molar-refractivity contribution is 0.515. The molecule has 22 heavy (non-hydrogen) atoms. The Morgan fingerprint density at radius 2 is 1.77 bits per heavy atom. The van der Waals surface area contributed by atoms with Crippen LogP contribution in [0.15, 0.2) is 46.9 Å². The zero-order valence-corrected chi connectivity index (χ0v) is 13.2. The molecule has 3 rings (SSSR count). The average molecular weight is 314 g/mol. The van der Waals surface area contributed by atoms with Crippen molar-refractivity contribution in [1.82, 2.24) is 10.2 Å². The van der Waals surface area contributed by atoms with E-state index in [1.807, 2.05) is 18.2 Å². The summed E-state index contributed by atoms with van der Waals surface area (Å²) in [4.78, 5) is 0. The third kappa shape index (κ3) is 3.28. The Balaban J connectivity index is 1.73. The van der Waals surface area contributed by atoms with Gasteiger partial charge < -0.3 is 9.73 Å². The van der Waals surface area contributed by atoms with Crippen molar-refractivity contribution in [2.75, 3.05) is 5.32 Å². The molecule has 2 aromatic carbocycles. The van der Waals surface area contributed by atoms with Crippen LogP contribution in [0, 0.1) is 13.8 Å². The standard InChI is InChI=1S/C17H16ClN3O/c1-11-7-12(2)9-13(8-11)19-10-16-20-21-17(22-16)14-5-3-4-6-15(14)18/h3-9,19H,10H2,1-2H3. The lowest BCUT2D eigenvalue weighted by Crippen LogP contribution is -2.00. The molecule has 1 aromatic heterocycles. The summed E-state index contributed by atoms with van der Waals surface area (Å²) in [6.07, 6.45) is 0. The second-order valence-corrected chi connectivity index (χ2v) is 5.62. The van der Waals surface area contributed by atoms with Gasteiger partial charge in [0.25, 0.3) is 0 Å². The van der Waals surface area contributed by atoms with Gasteiger partial charge in [0.05, 0.1) is 17.1 Å². The molecule has 0 saturated carbocycles. The van der Waals surface area contributed by atoms with Crippen molar-refractivity contribution in [2.45, 2.75) is 20.4 Å². The maximum Gasteiger partial charge on any atom is 0.249 e. The molecule has 3 aromatic rings. The first kappa shape index (κ1) is 14.6. The smallest absolute Gasteiger partial charge is 0.249 e. The highest BCUT2D eigenvalue weighted by molar-refractivity contribution is 6.33. The van der Waals surface area contributed by atoms with E-state index in [4.69, 9.17) is 16.0 Å². The van der Waals surface area contributed by atoms with E-state index in [0.29, 0.717) is 23.3 Å². The largest absolute Gasteiger partial charge is 0.419 e. The summed E-state index contributed by atoms with van der Waals surface area (Å²) < 4.78 is 5.66. The van der Waals surface area contributed by atoms with Gasteiger partial charge in [-0.3, -0.25) is 0 Å². The van der Waals surface area contributed by atoms with Gasteiger partial charge in [0.2, 0.25) is 11.8 Å². The van der Waals surface area contributed by atoms with E-state index in [1.54, 1.807) is 6.07 Å². The number of nitrogens with one attached hydrogen (secondary N) is 1. The fourth-order valence-electron chi connectivity index (χ4n) is 2.32. The van der Waals surface area contributed by atoms with Crippen LogP contribution in [0.25, 0.3) is 11.5 Å². The van der Waals surface area contributed by atoms with Gasteiger partial charge in [0, 0.05) is 5.69 Å². The topological polar surface area (TPSA) is 51.0 Å². The molecule has 5 heteroatoms. The molecule has 4 nitrogen and oxygen atoms in total. The normalized spacial score (nSPS) is 10.7. The number of aryl methyl sites for hydroxylation is 2. The lowest BCUT2D eigenvalue weighted by atomic mass is 10.1. The molecule has 0 aliphatic carbocycles. The summed E-state index contributed by atoms with van der Waals surface area (Å²) in [6.45, 7) is 4.61. The van der Waals surface area contributed by atoms with Crippen molar-refractivity contribution < 1.29 is 4.42 Å². The van der Waals surface area contributed by atoms with Gasteiger partial charge in [-0.25, -0.2) is 0 Å². The molecule has 1 heterocycles. The molecule has 0 saturated heterocycles. The summed E-state index contributed by atoms with van der Waals surface area (Å²) in [6, 6.07) is 13.7. The van der Waals surface area contributed by atoms with Crippen molar-refractivity contribution in [3.8, 4) is 11.5 Å². The number of hydrogen-bond donors (Lipinski definition) is 1. The predicted molar refractivity (Wildman–Crippen MR) is 88.0 cm³/mol. The van der Waals surface area contributed by atoms with Crippen molar-refractivity contribution in [3.05, 3.63) is 64.5 Å². The minimum atomic E-state index is 0.433. The quantitative estimate of drug-likeness (QED) is 0.763. The predicted octanol–water partition coefficient (Wildman–Crippen LogP) is 4.62. The van der Waals surface area contributed by atoms with Gasteiger partial charge in [-0.2, -0.15) is 0 Å². The molecule has 0 amide bonds. The van der Waals surface area contributed by atoms with E-state index in [9.17, 15) is 0 Å². The molecule has 0 aliphatic heterocycles. The molecule has 0 spiro atoms. The summed E-state index contributed by atoms with van der Waals surface area (Å²) in [5, 5.41) is 12.0. The Bertz CT molecular complexity index is 778. The molecule has 0 aliphatic rings. The van der Waals surface area contributed by atoms with Gasteiger partial charge >= 0.3 is 0 Å². The second-order valence-electron chi connectivity index (χ2n) is 5.21. The first-order chi connectivity index (χ1) is 10.6. The monoisotopic (exact) mass is 313 g/mol. The van der Waals surface area contributed by atoms with Crippen LogP contribution in [0.2, 0.25) is 5.02 Å². The Morgan fingerprint density at radius 3 is 2.50 bits per heavy atom. The molecule has 0 atom stereocenters. The highest BCUT2D eigenvalue weighted by atomic mass is 35.5. The van der Waals surface area contributed by atoms with Crippen LogP contribution in [0.4, 0.5) is 5.69 Å². The first-order valence-electron chi connectivity index (χ1n) is 7.01. The number of aromatic nitrogens is 2. The zero-order chi connectivity index (χ0) is 15.5. The summed E-state index contributed by atoms with van der Waals surface area (Å²) >= 11 is 6.13. The van der Waals surface area contributed by atoms with Gasteiger partial charge in [-0.15, -0.1) is 10.2 Å². The SMILES string of the molecule is Cc1cc(C)cc(NCc2nnc(-c3ccccc3Cl)o2)c1. The lowest BCUT2D eigenvalue weighted by Gasteiger charge is -2.06. The molecule has 0 bridgehead atoms. The Labute approximate surface area is 134 Å². The maximum atomic E-state index is 6.13. The third-order valence-corrected chi connectivity index (χ3v) is 3.57. The molecular weight excluding hydrogens is 298 g/mol. The fraction of sp³-hybridized carbons (Fsp3) is 0.176. The van der Waals surface area contributed by atoms with Crippen LogP contribution in [-0.2, 0) is 6.54 Å². The first-order valence-corrected chi connectivity index (χ1v) is 7.39. The number of hydrogen-bond acceptors (Lipinski definition) is 4. The van der Waals surface area contributed by atoms with Gasteiger partial charge in [0.15, 0.2) is 0 Å². The molecule has 0 unspecified atom stereocenters. The zero-order valence-electron chi connectivity index (χ0n) is 12.4. The summed E-state index contributed by atoms with van der Waals surface area (Å²) in [5.41, 5.74) is 4.21. The second kappa shape index (κ2) is 6.20. The number of anilines is 1. The molecule has 0 radical (unpaired) electrons. The fourth-order valence-corrected chi connectivity index (χ4v) is 2.54. The van der Waals surface area contributed by atoms with Crippen molar-refractivity contribution in [2.24, 2.45) is 0 Å². The molecule has 112 valence electrons. The summed E-state index contributed by atoms with van der Waals surface area (Å²) in [7, 11) is 0. The van der Waals surface area contributed by atoms with Crippen molar-refractivity contribution in [3.63, 3.8) is 0 Å². The maximum absolute atomic E-state index is 6.13. The number of benzene rings is 2. The van der Waals surface area contributed by atoms with Crippen molar-refractivity contribution in [1.29, 1.82) is 0 Å².